The van der Waals surface area contributed by atoms with Gasteiger partial charge in [0.1, 0.15) is 5.76 Å². The van der Waals surface area contributed by atoms with E-state index >= 15 is 0 Å². The lowest BCUT2D eigenvalue weighted by molar-refractivity contribution is -0.118. The Labute approximate surface area is 119 Å². The van der Waals surface area contributed by atoms with Crippen LogP contribution in [0.2, 0.25) is 0 Å². The van der Waals surface area contributed by atoms with Gasteiger partial charge < -0.3 is 9.42 Å². The van der Waals surface area contributed by atoms with E-state index in [0.717, 1.165) is 22.7 Å². The van der Waals surface area contributed by atoms with Crippen molar-refractivity contribution in [3.05, 3.63) is 47.3 Å². The molecule has 0 aliphatic carbocycles. The molecule has 20 heavy (non-hydrogen) atoms. The first-order valence-electron chi connectivity index (χ1n) is 6.90. The van der Waals surface area contributed by atoms with Gasteiger partial charge >= 0.3 is 0 Å². The van der Waals surface area contributed by atoms with Crippen LogP contribution in [0.4, 0.5) is 5.69 Å². The fraction of sp³-hybridized carbons (Fsp3) is 0.375. The summed E-state index contributed by atoms with van der Waals surface area (Å²) in [5.41, 5.74) is 2.86. The van der Waals surface area contributed by atoms with Gasteiger partial charge in [0.2, 0.25) is 5.91 Å². The van der Waals surface area contributed by atoms with E-state index in [1.165, 1.54) is 0 Å². The van der Waals surface area contributed by atoms with Crippen molar-refractivity contribution in [3.8, 4) is 0 Å². The van der Waals surface area contributed by atoms with Gasteiger partial charge in [0.15, 0.2) is 0 Å². The predicted molar refractivity (Wildman–Crippen MR) is 78.8 cm³/mol. The van der Waals surface area contributed by atoms with Gasteiger partial charge in [0, 0.05) is 24.2 Å². The number of aryl methyl sites for hydroxylation is 2. The molecular formula is C16H20N2O2. The summed E-state index contributed by atoms with van der Waals surface area (Å²) in [7, 11) is 0. The molecule has 1 aromatic carbocycles. The van der Waals surface area contributed by atoms with E-state index in [0.29, 0.717) is 19.4 Å². The fourth-order valence-electron chi connectivity index (χ4n) is 2.34. The number of nitrogens with zero attached hydrogens (tertiary/aromatic N) is 2. The number of hydrogen-bond donors (Lipinski definition) is 0. The van der Waals surface area contributed by atoms with Gasteiger partial charge in [-0.25, -0.2) is 0 Å². The molecule has 0 radical (unpaired) electrons. The van der Waals surface area contributed by atoms with Crippen molar-refractivity contribution in [2.75, 3.05) is 11.4 Å². The van der Waals surface area contributed by atoms with Crippen LogP contribution in [0, 0.1) is 13.8 Å². The molecule has 1 heterocycles. The summed E-state index contributed by atoms with van der Waals surface area (Å²) in [6.45, 7) is 6.45. The molecule has 0 atom stereocenters. The number of amides is 1. The normalized spacial score (nSPS) is 10.6. The Morgan fingerprint density at radius 3 is 2.50 bits per heavy atom. The molecule has 0 aliphatic heterocycles. The topological polar surface area (TPSA) is 46.3 Å². The Hall–Kier alpha value is -2.10. The van der Waals surface area contributed by atoms with Crippen LogP contribution in [0.5, 0.6) is 0 Å². The minimum absolute atomic E-state index is 0.124. The van der Waals surface area contributed by atoms with E-state index in [1.807, 2.05) is 51.1 Å². The van der Waals surface area contributed by atoms with E-state index in [1.54, 1.807) is 4.90 Å². The lowest BCUT2D eigenvalue weighted by Crippen LogP contribution is -2.30. The third-order valence-electron chi connectivity index (χ3n) is 3.46. The van der Waals surface area contributed by atoms with Crippen LogP contribution >= 0.6 is 0 Å². The molecule has 0 aliphatic rings. The van der Waals surface area contributed by atoms with E-state index in [-0.39, 0.29) is 5.91 Å². The summed E-state index contributed by atoms with van der Waals surface area (Å²) >= 11 is 0. The monoisotopic (exact) mass is 272 g/mol. The van der Waals surface area contributed by atoms with Gasteiger partial charge in [-0.3, -0.25) is 4.79 Å². The first-order valence-corrected chi connectivity index (χ1v) is 6.90. The summed E-state index contributed by atoms with van der Waals surface area (Å²) in [6.07, 6.45) is 1.13. The summed E-state index contributed by atoms with van der Waals surface area (Å²) < 4.78 is 5.12. The van der Waals surface area contributed by atoms with E-state index in [9.17, 15) is 4.79 Å². The fourth-order valence-corrected chi connectivity index (χ4v) is 2.34. The number of para-hydroxylation sites is 1. The molecule has 1 amide bonds. The van der Waals surface area contributed by atoms with Gasteiger partial charge in [0.25, 0.3) is 0 Å². The highest BCUT2D eigenvalue weighted by Gasteiger charge is 2.16. The van der Waals surface area contributed by atoms with Crippen LogP contribution in [0.1, 0.15) is 30.4 Å². The second-order valence-electron chi connectivity index (χ2n) is 4.78. The number of benzene rings is 1. The van der Waals surface area contributed by atoms with Crippen molar-refractivity contribution in [1.29, 1.82) is 0 Å². The smallest absolute Gasteiger partial charge is 0.227 e. The zero-order chi connectivity index (χ0) is 14.5. The first-order chi connectivity index (χ1) is 9.63. The zero-order valence-electron chi connectivity index (χ0n) is 12.2. The average Bonchev–Trinajstić information content (AvgIpc) is 2.78. The number of anilines is 1. The van der Waals surface area contributed by atoms with Crippen LogP contribution in [0.3, 0.4) is 0 Å². The van der Waals surface area contributed by atoms with Crippen LogP contribution in [-0.4, -0.2) is 17.6 Å². The van der Waals surface area contributed by atoms with Crippen LogP contribution in [0.15, 0.2) is 34.9 Å². The molecule has 4 nitrogen and oxygen atoms in total. The molecule has 4 heteroatoms. The number of hydrogen-bond acceptors (Lipinski definition) is 3. The van der Waals surface area contributed by atoms with Crippen molar-refractivity contribution < 1.29 is 9.32 Å². The Morgan fingerprint density at radius 1 is 1.25 bits per heavy atom. The summed E-state index contributed by atoms with van der Waals surface area (Å²) in [5.74, 6) is 0.928. The maximum absolute atomic E-state index is 12.4. The number of carbonyl (C=O) groups is 1. The van der Waals surface area contributed by atoms with E-state index < -0.39 is 0 Å². The van der Waals surface area contributed by atoms with Crippen LogP contribution < -0.4 is 4.90 Å². The second-order valence-corrected chi connectivity index (χ2v) is 4.78. The van der Waals surface area contributed by atoms with Gasteiger partial charge in [-0.1, -0.05) is 23.4 Å². The second kappa shape index (κ2) is 6.37. The van der Waals surface area contributed by atoms with Gasteiger partial charge in [-0.2, -0.15) is 0 Å². The maximum Gasteiger partial charge on any atom is 0.227 e. The Morgan fingerprint density at radius 2 is 1.95 bits per heavy atom. The molecule has 0 spiro atoms. The molecule has 106 valence electrons. The summed E-state index contributed by atoms with van der Waals surface area (Å²) in [6, 6.07) is 9.75. The number of aromatic nitrogens is 1. The lowest BCUT2D eigenvalue weighted by atomic mass is 10.1. The molecule has 0 unspecified atom stereocenters. The maximum atomic E-state index is 12.4. The Balaban J connectivity index is 2.04. The van der Waals surface area contributed by atoms with Crippen LogP contribution in [-0.2, 0) is 11.2 Å². The van der Waals surface area contributed by atoms with Crippen molar-refractivity contribution in [1.82, 2.24) is 5.16 Å². The highest BCUT2D eigenvalue weighted by molar-refractivity contribution is 5.93. The molecule has 2 aromatic rings. The minimum atomic E-state index is 0.124. The zero-order valence-corrected chi connectivity index (χ0v) is 12.2. The molecular weight excluding hydrogens is 252 g/mol. The van der Waals surface area contributed by atoms with E-state index in [2.05, 4.69) is 5.16 Å². The molecule has 0 bridgehead atoms. The van der Waals surface area contributed by atoms with E-state index in [4.69, 9.17) is 4.52 Å². The van der Waals surface area contributed by atoms with Gasteiger partial charge in [-0.05, 0) is 39.3 Å². The minimum Gasteiger partial charge on any atom is -0.361 e. The number of rotatable bonds is 5. The Kier molecular flexibility index (Phi) is 4.56. The SMILES string of the molecule is CCN(C(=O)CCc1c(C)noc1C)c1ccccc1. The first kappa shape index (κ1) is 14.3. The molecule has 1 aromatic heterocycles. The van der Waals surface area contributed by atoms with Gasteiger partial charge in [-0.15, -0.1) is 0 Å². The van der Waals surface area contributed by atoms with Crippen LogP contribution in [0.25, 0.3) is 0 Å². The van der Waals surface area contributed by atoms with Gasteiger partial charge in [0.05, 0.1) is 5.69 Å². The highest BCUT2D eigenvalue weighted by atomic mass is 16.5. The molecule has 0 fully saturated rings. The number of carbonyl (C=O) groups excluding carboxylic acids is 1. The average molecular weight is 272 g/mol. The molecule has 0 saturated carbocycles. The third kappa shape index (κ3) is 3.07. The molecule has 0 saturated heterocycles. The highest BCUT2D eigenvalue weighted by Crippen LogP contribution is 2.18. The summed E-state index contributed by atoms with van der Waals surface area (Å²) in [5, 5.41) is 3.92. The quantitative estimate of drug-likeness (QED) is 0.839. The lowest BCUT2D eigenvalue weighted by Gasteiger charge is -2.21. The van der Waals surface area contributed by atoms with Crippen molar-refractivity contribution in [3.63, 3.8) is 0 Å². The predicted octanol–water partition coefficient (Wildman–Crippen LogP) is 3.28. The Bertz CT molecular complexity index is 556. The largest absolute Gasteiger partial charge is 0.361 e. The van der Waals surface area contributed by atoms with Crippen molar-refractivity contribution in [2.24, 2.45) is 0 Å². The van der Waals surface area contributed by atoms with Crippen molar-refractivity contribution in [2.45, 2.75) is 33.6 Å². The third-order valence-corrected chi connectivity index (χ3v) is 3.46. The summed E-state index contributed by atoms with van der Waals surface area (Å²) in [4.78, 5) is 14.2. The van der Waals surface area contributed by atoms with Crippen molar-refractivity contribution >= 4 is 11.6 Å². The molecule has 0 N–H and O–H groups in total. The molecule has 2 rings (SSSR count). The standard InChI is InChI=1S/C16H20N2O2/c1-4-18(14-8-6-5-7-9-14)16(19)11-10-15-12(2)17-20-13(15)3/h5-9H,4,10-11H2,1-3H3.